The molecule has 0 saturated carbocycles. The van der Waals surface area contributed by atoms with E-state index in [4.69, 9.17) is 0 Å². The Labute approximate surface area is 128 Å². The molecule has 2 aliphatic rings. The highest BCUT2D eigenvalue weighted by molar-refractivity contribution is 7.91. The van der Waals surface area contributed by atoms with Gasteiger partial charge in [0.25, 0.3) is 0 Å². The molecule has 0 radical (unpaired) electrons. The monoisotopic (exact) mass is 316 g/mol. The molecule has 2 heterocycles. The van der Waals surface area contributed by atoms with Crippen LogP contribution in [0.5, 0.6) is 0 Å². The molecule has 0 aromatic heterocycles. The Balaban J connectivity index is 2.09. The first kappa shape index (κ1) is 16.7. The lowest BCUT2D eigenvalue weighted by molar-refractivity contribution is -0.138. The van der Waals surface area contributed by atoms with Gasteiger partial charge in [0.2, 0.25) is 5.91 Å². The van der Waals surface area contributed by atoms with Crippen LogP contribution in [0.25, 0.3) is 0 Å². The van der Waals surface area contributed by atoms with Gasteiger partial charge in [-0.05, 0) is 58.9 Å². The Morgan fingerprint density at radius 1 is 1.24 bits per heavy atom. The lowest BCUT2D eigenvalue weighted by Crippen LogP contribution is -2.54. The van der Waals surface area contributed by atoms with Crippen molar-refractivity contribution in [3.05, 3.63) is 0 Å². The first-order valence-corrected chi connectivity index (χ1v) is 9.76. The van der Waals surface area contributed by atoms with Gasteiger partial charge in [-0.1, -0.05) is 0 Å². The van der Waals surface area contributed by atoms with E-state index in [9.17, 15) is 13.2 Å². The second kappa shape index (κ2) is 6.24. The van der Waals surface area contributed by atoms with Gasteiger partial charge < -0.3 is 10.2 Å². The molecule has 122 valence electrons. The number of nitrogens with one attached hydrogen (secondary N) is 1. The molecule has 0 aliphatic carbocycles. The van der Waals surface area contributed by atoms with Crippen molar-refractivity contribution < 1.29 is 13.2 Å². The van der Waals surface area contributed by atoms with Crippen LogP contribution in [-0.2, 0) is 14.6 Å². The summed E-state index contributed by atoms with van der Waals surface area (Å²) in [7, 11) is -0.998. The minimum absolute atomic E-state index is 0.0981. The summed E-state index contributed by atoms with van der Waals surface area (Å²) < 4.78 is 23.1. The summed E-state index contributed by atoms with van der Waals surface area (Å²) in [6.45, 7) is 4.95. The number of likely N-dealkylation sites (tertiary alicyclic amines) is 1. The van der Waals surface area contributed by atoms with Crippen LogP contribution in [0.1, 0.15) is 46.0 Å². The topological polar surface area (TPSA) is 66.5 Å². The average molecular weight is 316 g/mol. The largest absolute Gasteiger partial charge is 0.336 e. The van der Waals surface area contributed by atoms with Crippen LogP contribution in [0, 0.1) is 5.92 Å². The van der Waals surface area contributed by atoms with Gasteiger partial charge in [-0.15, -0.1) is 0 Å². The molecule has 1 amide bonds. The van der Waals surface area contributed by atoms with E-state index in [-0.39, 0.29) is 29.0 Å². The Kier molecular flexibility index (Phi) is 4.98. The normalized spacial score (nSPS) is 30.1. The predicted octanol–water partition coefficient (Wildman–Crippen LogP) is 1.19. The Morgan fingerprint density at radius 2 is 1.86 bits per heavy atom. The number of carbonyl (C=O) groups is 1. The van der Waals surface area contributed by atoms with Crippen LogP contribution in [0.2, 0.25) is 0 Å². The summed E-state index contributed by atoms with van der Waals surface area (Å²) in [5.74, 6) is 1.03. The van der Waals surface area contributed by atoms with Crippen molar-refractivity contribution in [1.82, 2.24) is 10.2 Å². The van der Waals surface area contributed by atoms with Crippen LogP contribution in [0.4, 0.5) is 0 Å². The number of hydrogen-bond acceptors (Lipinski definition) is 4. The van der Waals surface area contributed by atoms with E-state index < -0.39 is 9.84 Å². The molecule has 1 unspecified atom stereocenters. The highest BCUT2D eigenvalue weighted by atomic mass is 32.2. The molecule has 2 aliphatic heterocycles. The van der Waals surface area contributed by atoms with Gasteiger partial charge >= 0.3 is 0 Å². The van der Waals surface area contributed by atoms with Crippen molar-refractivity contribution in [2.24, 2.45) is 5.92 Å². The molecule has 2 fully saturated rings. The lowest BCUT2D eigenvalue weighted by Gasteiger charge is -2.41. The number of likely N-dealkylation sites (N-methyl/N-ethyl adjacent to an activating group) is 1. The van der Waals surface area contributed by atoms with Crippen molar-refractivity contribution in [1.29, 1.82) is 0 Å². The number of sulfone groups is 1. The zero-order valence-electron chi connectivity index (χ0n) is 13.4. The fourth-order valence-electron chi connectivity index (χ4n) is 3.47. The van der Waals surface area contributed by atoms with Gasteiger partial charge in [-0.3, -0.25) is 4.79 Å². The van der Waals surface area contributed by atoms with Gasteiger partial charge in [0.15, 0.2) is 0 Å². The molecule has 0 bridgehead atoms. The standard InChI is InChI=1S/C15H28N2O3S/c1-15(2)8-4-5-13(16-3)14(18)17(15)11-12-6-9-21(19,20)10-7-12/h12-13,16H,4-11H2,1-3H3. The van der Waals surface area contributed by atoms with Crippen molar-refractivity contribution in [2.45, 2.75) is 57.5 Å². The number of hydrogen-bond donors (Lipinski definition) is 1. The summed E-state index contributed by atoms with van der Waals surface area (Å²) in [5, 5.41) is 3.12. The molecule has 0 aromatic carbocycles. The molecule has 0 spiro atoms. The van der Waals surface area contributed by atoms with Crippen molar-refractivity contribution in [3.8, 4) is 0 Å². The van der Waals surface area contributed by atoms with Gasteiger partial charge in [0, 0.05) is 12.1 Å². The van der Waals surface area contributed by atoms with E-state index >= 15 is 0 Å². The highest BCUT2D eigenvalue weighted by Gasteiger charge is 2.38. The Morgan fingerprint density at radius 3 is 2.43 bits per heavy atom. The third-order valence-corrected chi connectivity index (χ3v) is 6.76. The summed E-state index contributed by atoms with van der Waals surface area (Å²) in [4.78, 5) is 14.7. The van der Waals surface area contributed by atoms with Gasteiger partial charge in [0.1, 0.15) is 9.84 Å². The number of amides is 1. The summed E-state index contributed by atoms with van der Waals surface area (Å²) >= 11 is 0. The van der Waals surface area contributed by atoms with Crippen molar-refractivity contribution in [3.63, 3.8) is 0 Å². The Hall–Kier alpha value is -0.620. The van der Waals surface area contributed by atoms with E-state index in [1.54, 1.807) is 0 Å². The van der Waals surface area contributed by atoms with E-state index in [1.807, 2.05) is 11.9 Å². The molecular formula is C15H28N2O3S. The molecular weight excluding hydrogens is 288 g/mol. The zero-order valence-corrected chi connectivity index (χ0v) is 14.2. The summed E-state index contributed by atoms with van der Waals surface area (Å²) in [6.07, 6.45) is 4.30. The predicted molar refractivity (Wildman–Crippen MR) is 83.9 cm³/mol. The second-order valence-corrected chi connectivity index (χ2v) is 9.39. The first-order valence-electron chi connectivity index (χ1n) is 7.94. The van der Waals surface area contributed by atoms with Crippen molar-refractivity contribution in [2.75, 3.05) is 25.1 Å². The lowest BCUT2D eigenvalue weighted by atomic mass is 9.94. The van der Waals surface area contributed by atoms with Crippen LogP contribution in [0.15, 0.2) is 0 Å². The van der Waals surface area contributed by atoms with Crippen LogP contribution < -0.4 is 5.32 Å². The van der Waals surface area contributed by atoms with Gasteiger partial charge in [0.05, 0.1) is 17.5 Å². The molecule has 21 heavy (non-hydrogen) atoms. The number of rotatable bonds is 3. The number of nitrogens with zero attached hydrogens (tertiary/aromatic N) is 1. The van der Waals surface area contributed by atoms with Gasteiger partial charge in [-0.25, -0.2) is 8.42 Å². The maximum absolute atomic E-state index is 12.7. The quantitative estimate of drug-likeness (QED) is 0.849. The minimum atomic E-state index is -2.84. The minimum Gasteiger partial charge on any atom is -0.336 e. The molecule has 0 aromatic rings. The third-order valence-electron chi connectivity index (χ3n) is 5.04. The van der Waals surface area contributed by atoms with Crippen LogP contribution >= 0.6 is 0 Å². The van der Waals surface area contributed by atoms with E-state index in [0.717, 1.165) is 19.3 Å². The SMILES string of the molecule is CNC1CCCC(C)(C)N(CC2CCS(=O)(=O)CC2)C1=O. The summed E-state index contributed by atoms with van der Waals surface area (Å²) in [6, 6.07) is -0.0981. The van der Waals surface area contributed by atoms with Crippen LogP contribution in [-0.4, -0.2) is 55.9 Å². The van der Waals surface area contributed by atoms with E-state index in [0.29, 0.717) is 25.3 Å². The van der Waals surface area contributed by atoms with Gasteiger partial charge in [-0.2, -0.15) is 0 Å². The Bertz CT molecular complexity index is 473. The smallest absolute Gasteiger partial charge is 0.240 e. The fourth-order valence-corrected chi connectivity index (χ4v) is 5.06. The highest BCUT2D eigenvalue weighted by Crippen LogP contribution is 2.30. The third kappa shape index (κ3) is 3.97. The molecule has 6 heteroatoms. The average Bonchev–Trinajstić information content (AvgIpc) is 2.51. The first-order chi connectivity index (χ1) is 9.75. The zero-order chi connectivity index (χ0) is 15.7. The summed E-state index contributed by atoms with van der Waals surface area (Å²) in [5.41, 5.74) is -0.140. The molecule has 1 atom stereocenters. The maximum atomic E-state index is 12.7. The fraction of sp³-hybridized carbons (Fsp3) is 0.933. The molecule has 2 saturated heterocycles. The molecule has 5 nitrogen and oxygen atoms in total. The van der Waals surface area contributed by atoms with E-state index in [1.165, 1.54) is 0 Å². The second-order valence-electron chi connectivity index (χ2n) is 7.09. The maximum Gasteiger partial charge on any atom is 0.240 e. The number of carbonyl (C=O) groups excluding carboxylic acids is 1. The molecule has 2 rings (SSSR count). The van der Waals surface area contributed by atoms with Crippen molar-refractivity contribution >= 4 is 15.7 Å². The van der Waals surface area contributed by atoms with E-state index in [2.05, 4.69) is 19.2 Å². The van der Waals surface area contributed by atoms with Crippen LogP contribution in [0.3, 0.4) is 0 Å². The molecule has 1 N–H and O–H groups in total.